The smallest absolute Gasteiger partial charge is 0.195 e. The number of hydrogen-bond acceptors (Lipinski definition) is 3. The van der Waals surface area contributed by atoms with Crippen LogP contribution in [0.5, 0.6) is 0 Å². The number of hydrogen-bond donors (Lipinski definition) is 1. The van der Waals surface area contributed by atoms with Crippen LogP contribution in [0, 0.1) is 0 Å². The predicted molar refractivity (Wildman–Crippen MR) is 70.8 cm³/mol. The van der Waals surface area contributed by atoms with Gasteiger partial charge in [-0.1, -0.05) is 23.7 Å². The third-order valence-corrected chi connectivity index (χ3v) is 3.44. The first-order valence-electron chi connectivity index (χ1n) is 6.24. The highest BCUT2D eigenvalue weighted by Crippen LogP contribution is 2.17. The summed E-state index contributed by atoms with van der Waals surface area (Å²) in [6.45, 7) is 1.80. The zero-order valence-corrected chi connectivity index (χ0v) is 10.8. The molecule has 0 unspecified atom stereocenters. The van der Waals surface area contributed by atoms with Gasteiger partial charge >= 0.3 is 0 Å². The first-order valence-corrected chi connectivity index (χ1v) is 6.62. The fourth-order valence-corrected chi connectivity index (χ4v) is 2.31. The molecule has 94 valence electrons. The SMILES string of the molecule is Clc1ccc(CCc2nc3c(o2)CNCC3)cc1. The van der Waals surface area contributed by atoms with Crippen molar-refractivity contribution in [3.05, 3.63) is 52.2 Å². The van der Waals surface area contributed by atoms with E-state index in [4.69, 9.17) is 16.0 Å². The summed E-state index contributed by atoms with van der Waals surface area (Å²) >= 11 is 5.86. The zero-order chi connectivity index (χ0) is 12.4. The lowest BCUT2D eigenvalue weighted by molar-refractivity contribution is 0.428. The van der Waals surface area contributed by atoms with Gasteiger partial charge in [0.2, 0.25) is 0 Å². The standard InChI is InChI=1S/C14H15ClN2O/c15-11-4-1-10(2-5-11)3-6-14-17-12-7-8-16-9-13(12)18-14/h1-2,4-5,16H,3,6-9H2. The van der Waals surface area contributed by atoms with Gasteiger partial charge in [-0.2, -0.15) is 0 Å². The largest absolute Gasteiger partial charge is 0.444 e. The van der Waals surface area contributed by atoms with Crippen LogP contribution in [0.1, 0.15) is 22.9 Å². The molecule has 1 aliphatic rings. The third-order valence-electron chi connectivity index (χ3n) is 3.19. The second-order valence-electron chi connectivity index (χ2n) is 4.53. The third kappa shape index (κ3) is 2.57. The summed E-state index contributed by atoms with van der Waals surface area (Å²) in [5.41, 5.74) is 2.38. The molecule has 3 nitrogen and oxygen atoms in total. The summed E-state index contributed by atoms with van der Waals surface area (Å²) in [6, 6.07) is 7.93. The Hall–Kier alpha value is -1.32. The van der Waals surface area contributed by atoms with Crippen molar-refractivity contribution in [3.8, 4) is 0 Å². The van der Waals surface area contributed by atoms with E-state index in [1.807, 2.05) is 24.3 Å². The maximum absolute atomic E-state index is 5.86. The summed E-state index contributed by atoms with van der Waals surface area (Å²) in [4.78, 5) is 4.55. The Morgan fingerprint density at radius 2 is 2.06 bits per heavy atom. The highest BCUT2D eigenvalue weighted by atomic mass is 35.5. The molecular weight excluding hydrogens is 248 g/mol. The second kappa shape index (κ2) is 5.12. The van der Waals surface area contributed by atoms with Crippen molar-refractivity contribution in [1.82, 2.24) is 10.3 Å². The van der Waals surface area contributed by atoms with E-state index >= 15 is 0 Å². The average Bonchev–Trinajstić information content (AvgIpc) is 2.81. The van der Waals surface area contributed by atoms with Crippen LogP contribution in [0.25, 0.3) is 0 Å². The van der Waals surface area contributed by atoms with Crippen molar-refractivity contribution < 1.29 is 4.42 Å². The molecule has 2 aromatic rings. The van der Waals surface area contributed by atoms with Crippen molar-refractivity contribution in [3.63, 3.8) is 0 Å². The van der Waals surface area contributed by atoms with E-state index in [1.54, 1.807) is 0 Å². The number of aromatic nitrogens is 1. The Balaban J connectivity index is 1.66. The molecular formula is C14H15ClN2O. The first-order chi connectivity index (χ1) is 8.81. The molecule has 4 heteroatoms. The molecule has 0 bridgehead atoms. The Bertz CT molecular complexity index is 510. The van der Waals surface area contributed by atoms with Gasteiger partial charge in [0.15, 0.2) is 5.89 Å². The molecule has 18 heavy (non-hydrogen) atoms. The van der Waals surface area contributed by atoms with Crippen LogP contribution in [0.3, 0.4) is 0 Å². The van der Waals surface area contributed by atoms with Gasteiger partial charge in [0.1, 0.15) is 5.76 Å². The summed E-state index contributed by atoms with van der Waals surface area (Å²) in [6.07, 6.45) is 2.75. The van der Waals surface area contributed by atoms with E-state index in [0.29, 0.717) is 0 Å². The maximum Gasteiger partial charge on any atom is 0.195 e. The number of aryl methyl sites for hydroxylation is 2. The van der Waals surface area contributed by atoms with Crippen LogP contribution in [0.2, 0.25) is 5.02 Å². The zero-order valence-electron chi connectivity index (χ0n) is 10.1. The lowest BCUT2D eigenvalue weighted by Crippen LogP contribution is -2.22. The Morgan fingerprint density at radius 1 is 1.22 bits per heavy atom. The van der Waals surface area contributed by atoms with Crippen molar-refractivity contribution >= 4 is 11.6 Å². The number of rotatable bonds is 3. The van der Waals surface area contributed by atoms with Crippen LogP contribution < -0.4 is 5.32 Å². The molecule has 0 radical (unpaired) electrons. The lowest BCUT2D eigenvalue weighted by Gasteiger charge is -2.08. The topological polar surface area (TPSA) is 38.1 Å². The summed E-state index contributed by atoms with van der Waals surface area (Å²) in [5, 5.41) is 4.06. The van der Waals surface area contributed by atoms with E-state index in [1.165, 1.54) is 5.56 Å². The average molecular weight is 263 g/mol. The first kappa shape index (κ1) is 11.8. The van der Waals surface area contributed by atoms with Gasteiger partial charge in [-0.3, -0.25) is 0 Å². The number of halogens is 1. The van der Waals surface area contributed by atoms with Gasteiger partial charge < -0.3 is 9.73 Å². The number of oxazole rings is 1. The van der Waals surface area contributed by atoms with Crippen LogP contribution in [0.15, 0.2) is 28.7 Å². The fourth-order valence-electron chi connectivity index (χ4n) is 2.19. The molecule has 1 aromatic heterocycles. The van der Waals surface area contributed by atoms with Crippen LogP contribution >= 0.6 is 11.6 Å². The quantitative estimate of drug-likeness (QED) is 0.924. The summed E-state index contributed by atoms with van der Waals surface area (Å²) in [5.74, 6) is 1.85. The van der Waals surface area contributed by atoms with Crippen molar-refractivity contribution in [1.29, 1.82) is 0 Å². The lowest BCUT2D eigenvalue weighted by atomic mass is 10.1. The Morgan fingerprint density at radius 3 is 2.83 bits per heavy atom. The molecule has 3 rings (SSSR count). The molecule has 1 aliphatic heterocycles. The minimum atomic E-state index is 0.774. The van der Waals surface area contributed by atoms with Crippen molar-refractivity contribution in [2.45, 2.75) is 25.8 Å². The van der Waals surface area contributed by atoms with Crippen LogP contribution in [-0.2, 0) is 25.8 Å². The number of benzene rings is 1. The van der Waals surface area contributed by atoms with Crippen molar-refractivity contribution in [2.75, 3.05) is 6.54 Å². The molecule has 1 N–H and O–H groups in total. The van der Waals surface area contributed by atoms with Crippen LogP contribution in [0.4, 0.5) is 0 Å². The molecule has 1 aromatic carbocycles. The highest BCUT2D eigenvalue weighted by Gasteiger charge is 2.16. The monoisotopic (exact) mass is 262 g/mol. The molecule has 0 saturated heterocycles. The molecule has 0 saturated carbocycles. The fraction of sp³-hybridized carbons (Fsp3) is 0.357. The molecule has 0 amide bonds. The number of nitrogens with zero attached hydrogens (tertiary/aromatic N) is 1. The van der Waals surface area contributed by atoms with Gasteiger partial charge in [0, 0.05) is 24.4 Å². The normalized spacial score (nSPS) is 14.5. The van der Waals surface area contributed by atoms with Gasteiger partial charge in [-0.25, -0.2) is 4.98 Å². The highest BCUT2D eigenvalue weighted by molar-refractivity contribution is 6.30. The Kier molecular flexibility index (Phi) is 3.35. The van der Waals surface area contributed by atoms with E-state index in [2.05, 4.69) is 10.3 Å². The van der Waals surface area contributed by atoms with E-state index in [0.717, 1.165) is 54.7 Å². The van der Waals surface area contributed by atoms with E-state index in [9.17, 15) is 0 Å². The summed E-state index contributed by atoms with van der Waals surface area (Å²) in [7, 11) is 0. The van der Waals surface area contributed by atoms with E-state index < -0.39 is 0 Å². The van der Waals surface area contributed by atoms with Gasteiger partial charge in [0.25, 0.3) is 0 Å². The van der Waals surface area contributed by atoms with Gasteiger partial charge in [-0.05, 0) is 24.1 Å². The van der Waals surface area contributed by atoms with Gasteiger partial charge in [-0.15, -0.1) is 0 Å². The van der Waals surface area contributed by atoms with E-state index in [-0.39, 0.29) is 0 Å². The molecule has 0 aliphatic carbocycles. The minimum absolute atomic E-state index is 0.774. The number of nitrogens with one attached hydrogen (secondary N) is 1. The second-order valence-corrected chi connectivity index (χ2v) is 4.97. The molecule has 2 heterocycles. The number of fused-ring (bicyclic) bond motifs is 1. The molecule has 0 atom stereocenters. The predicted octanol–water partition coefficient (Wildman–Crippen LogP) is 2.76. The Labute approximate surface area is 111 Å². The maximum atomic E-state index is 5.86. The van der Waals surface area contributed by atoms with Gasteiger partial charge in [0.05, 0.1) is 12.2 Å². The van der Waals surface area contributed by atoms with Crippen molar-refractivity contribution in [2.24, 2.45) is 0 Å². The minimum Gasteiger partial charge on any atom is -0.444 e. The molecule has 0 fully saturated rings. The van der Waals surface area contributed by atoms with Crippen LogP contribution in [-0.4, -0.2) is 11.5 Å². The summed E-state index contributed by atoms with van der Waals surface area (Å²) < 4.78 is 5.75. The molecule has 0 spiro atoms.